The normalized spacial score (nSPS) is 12.9. The largest absolute Gasteiger partial charge is 0.366 e. The molecule has 2 amide bonds. The van der Waals surface area contributed by atoms with E-state index in [1.807, 2.05) is 48.2 Å². The van der Waals surface area contributed by atoms with Gasteiger partial charge in [-0.2, -0.15) is 0 Å². The van der Waals surface area contributed by atoms with Crippen LogP contribution in [0.1, 0.15) is 37.4 Å². The molecular formula is C22H21N5O2. The van der Waals surface area contributed by atoms with Crippen LogP contribution in [0.5, 0.6) is 0 Å². The van der Waals surface area contributed by atoms with Crippen LogP contribution in [0.2, 0.25) is 0 Å². The van der Waals surface area contributed by atoms with Crippen LogP contribution in [0.25, 0.3) is 0 Å². The topological polar surface area (TPSA) is 101 Å². The van der Waals surface area contributed by atoms with Gasteiger partial charge in [-0.1, -0.05) is 24.3 Å². The number of nitrogens with two attached hydrogens (primary N) is 1. The zero-order valence-corrected chi connectivity index (χ0v) is 16.1. The quantitative estimate of drug-likeness (QED) is 0.717. The summed E-state index contributed by atoms with van der Waals surface area (Å²) in [6, 6.07) is 13.7. The number of amides is 2. The number of primary amides is 1. The zero-order chi connectivity index (χ0) is 20.4. The molecule has 1 aliphatic heterocycles. The lowest BCUT2D eigenvalue weighted by molar-refractivity contribution is 0.0734. The number of nitrogens with one attached hydrogen (secondary N) is 1. The second kappa shape index (κ2) is 7.71. The molecule has 29 heavy (non-hydrogen) atoms. The van der Waals surface area contributed by atoms with Crippen LogP contribution in [-0.4, -0.2) is 33.2 Å². The van der Waals surface area contributed by atoms with Crippen molar-refractivity contribution in [2.24, 2.45) is 5.73 Å². The Kier molecular flexibility index (Phi) is 4.95. The number of anilines is 2. The molecular weight excluding hydrogens is 366 g/mol. The van der Waals surface area contributed by atoms with E-state index in [4.69, 9.17) is 5.73 Å². The summed E-state index contributed by atoms with van der Waals surface area (Å²) in [5, 5.41) is 3.13. The first kappa shape index (κ1) is 18.6. The molecule has 1 aromatic heterocycles. The number of hydrogen-bond acceptors (Lipinski definition) is 5. The standard InChI is InChI=1S/C22H21N5O2/c1-14-4-2-3-5-19(14)21(29)27-9-8-15-6-7-18(10-16(15)13-27)26-22-24-11-17(12-25-22)20(23)28/h2-7,10-12H,8-9,13H2,1H3,(H2,23,28)(H,24,25,26). The summed E-state index contributed by atoms with van der Waals surface area (Å²) >= 11 is 0. The number of rotatable bonds is 4. The highest BCUT2D eigenvalue weighted by molar-refractivity contribution is 5.95. The maximum Gasteiger partial charge on any atom is 0.254 e. The predicted molar refractivity (Wildman–Crippen MR) is 110 cm³/mol. The number of fused-ring (bicyclic) bond motifs is 1. The van der Waals surface area contributed by atoms with Gasteiger partial charge in [-0.3, -0.25) is 9.59 Å². The fourth-order valence-electron chi connectivity index (χ4n) is 3.44. The number of carbonyl (C=O) groups excluding carboxylic acids is 2. The smallest absolute Gasteiger partial charge is 0.254 e. The van der Waals surface area contributed by atoms with Crippen LogP contribution in [0, 0.1) is 6.92 Å². The molecule has 0 aliphatic carbocycles. The van der Waals surface area contributed by atoms with Gasteiger partial charge < -0.3 is 16.0 Å². The van der Waals surface area contributed by atoms with Gasteiger partial charge in [0.05, 0.1) is 5.56 Å². The minimum Gasteiger partial charge on any atom is -0.366 e. The number of hydrogen-bond donors (Lipinski definition) is 2. The third-order valence-corrected chi connectivity index (χ3v) is 5.07. The lowest BCUT2D eigenvalue weighted by Gasteiger charge is -2.29. The molecule has 2 aromatic carbocycles. The lowest BCUT2D eigenvalue weighted by Crippen LogP contribution is -2.36. The molecule has 3 N–H and O–H groups in total. The fraction of sp³-hybridized carbons (Fsp3) is 0.182. The zero-order valence-electron chi connectivity index (χ0n) is 16.1. The Balaban J connectivity index is 1.51. The Hall–Kier alpha value is -3.74. The van der Waals surface area contributed by atoms with Gasteiger partial charge in [0, 0.05) is 36.7 Å². The van der Waals surface area contributed by atoms with Crippen LogP contribution < -0.4 is 11.1 Å². The van der Waals surface area contributed by atoms with Crippen molar-refractivity contribution >= 4 is 23.5 Å². The minimum absolute atomic E-state index is 0.0532. The maximum atomic E-state index is 12.9. The van der Waals surface area contributed by atoms with Crippen molar-refractivity contribution in [2.75, 3.05) is 11.9 Å². The molecule has 1 aliphatic rings. The molecule has 0 saturated carbocycles. The first-order chi connectivity index (χ1) is 14.0. The summed E-state index contributed by atoms with van der Waals surface area (Å²) in [5.74, 6) is -0.139. The summed E-state index contributed by atoms with van der Waals surface area (Å²) in [5.41, 5.74) is 10.3. The summed E-state index contributed by atoms with van der Waals surface area (Å²) in [4.78, 5) is 34.2. The van der Waals surface area contributed by atoms with E-state index in [1.165, 1.54) is 18.0 Å². The van der Waals surface area contributed by atoms with E-state index in [1.54, 1.807) is 0 Å². The van der Waals surface area contributed by atoms with Gasteiger partial charge in [0.2, 0.25) is 5.95 Å². The summed E-state index contributed by atoms with van der Waals surface area (Å²) < 4.78 is 0. The van der Waals surface area contributed by atoms with Gasteiger partial charge in [-0.05, 0) is 48.2 Å². The highest BCUT2D eigenvalue weighted by Crippen LogP contribution is 2.25. The SMILES string of the molecule is Cc1ccccc1C(=O)N1CCc2ccc(Nc3ncc(C(N)=O)cn3)cc2C1. The van der Waals surface area contributed by atoms with Crippen LogP contribution in [0.4, 0.5) is 11.6 Å². The van der Waals surface area contributed by atoms with E-state index in [-0.39, 0.29) is 11.5 Å². The van der Waals surface area contributed by atoms with Gasteiger partial charge in [-0.15, -0.1) is 0 Å². The minimum atomic E-state index is -0.566. The van der Waals surface area contributed by atoms with E-state index < -0.39 is 5.91 Å². The van der Waals surface area contributed by atoms with Crippen molar-refractivity contribution in [2.45, 2.75) is 19.9 Å². The average Bonchev–Trinajstić information content (AvgIpc) is 2.73. The Bertz CT molecular complexity index is 1080. The number of nitrogens with zero attached hydrogens (tertiary/aromatic N) is 3. The maximum absolute atomic E-state index is 12.9. The van der Waals surface area contributed by atoms with E-state index in [0.29, 0.717) is 19.0 Å². The molecule has 0 saturated heterocycles. The molecule has 146 valence electrons. The van der Waals surface area contributed by atoms with Gasteiger partial charge in [-0.25, -0.2) is 9.97 Å². The van der Waals surface area contributed by atoms with Crippen molar-refractivity contribution in [1.29, 1.82) is 0 Å². The van der Waals surface area contributed by atoms with Gasteiger partial charge in [0.1, 0.15) is 0 Å². The molecule has 4 rings (SSSR count). The molecule has 0 radical (unpaired) electrons. The average molecular weight is 387 g/mol. The third kappa shape index (κ3) is 3.94. The molecule has 7 heteroatoms. The third-order valence-electron chi connectivity index (χ3n) is 5.07. The second-order valence-corrected chi connectivity index (χ2v) is 7.06. The van der Waals surface area contributed by atoms with Crippen LogP contribution in [0.3, 0.4) is 0 Å². The van der Waals surface area contributed by atoms with E-state index in [2.05, 4.69) is 21.4 Å². The molecule has 0 fully saturated rings. The van der Waals surface area contributed by atoms with Crippen molar-refractivity contribution in [1.82, 2.24) is 14.9 Å². The Labute approximate surface area is 168 Å². The first-order valence-electron chi connectivity index (χ1n) is 9.37. The Morgan fingerprint density at radius 2 is 1.83 bits per heavy atom. The second-order valence-electron chi connectivity index (χ2n) is 7.06. The van der Waals surface area contributed by atoms with E-state index >= 15 is 0 Å². The molecule has 0 atom stereocenters. The number of aromatic nitrogens is 2. The predicted octanol–water partition coefficient (Wildman–Crippen LogP) is 2.83. The van der Waals surface area contributed by atoms with Crippen LogP contribution in [0.15, 0.2) is 54.9 Å². The van der Waals surface area contributed by atoms with Gasteiger partial charge in [0.25, 0.3) is 11.8 Å². The molecule has 2 heterocycles. The fourth-order valence-corrected chi connectivity index (χ4v) is 3.44. The number of aryl methyl sites for hydroxylation is 1. The summed E-state index contributed by atoms with van der Waals surface area (Å²) in [6.45, 7) is 3.21. The van der Waals surface area contributed by atoms with Crippen molar-refractivity contribution < 1.29 is 9.59 Å². The summed E-state index contributed by atoms with van der Waals surface area (Å²) in [6.07, 6.45) is 3.59. The highest BCUT2D eigenvalue weighted by atomic mass is 16.2. The molecule has 0 unspecified atom stereocenters. The van der Waals surface area contributed by atoms with Gasteiger partial charge in [0.15, 0.2) is 0 Å². The molecule has 3 aromatic rings. The first-order valence-corrected chi connectivity index (χ1v) is 9.37. The van der Waals surface area contributed by atoms with Crippen molar-refractivity contribution in [3.63, 3.8) is 0 Å². The van der Waals surface area contributed by atoms with Gasteiger partial charge >= 0.3 is 0 Å². The van der Waals surface area contributed by atoms with Crippen molar-refractivity contribution in [3.8, 4) is 0 Å². The molecule has 7 nitrogen and oxygen atoms in total. The molecule has 0 bridgehead atoms. The Morgan fingerprint density at radius 1 is 1.07 bits per heavy atom. The van der Waals surface area contributed by atoms with Crippen molar-refractivity contribution in [3.05, 3.63) is 82.7 Å². The van der Waals surface area contributed by atoms with Crippen LogP contribution in [-0.2, 0) is 13.0 Å². The highest BCUT2D eigenvalue weighted by Gasteiger charge is 2.23. The number of carbonyl (C=O) groups is 2. The van der Waals surface area contributed by atoms with E-state index in [9.17, 15) is 9.59 Å². The van der Waals surface area contributed by atoms with E-state index in [0.717, 1.165) is 28.8 Å². The molecule has 0 spiro atoms. The lowest BCUT2D eigenvalue weighted by atomic mass is 9.98. The Morgan fingerprint density at radius 3 is 2.55 bits per heavy atom. The van der Waals surface area contributed by atoms with Crippen LogP contribution >= 0.6 is 0 Å². The number of benzene rings is 2. The monoisotopic (exact) mass is 387 g/mol. The summed E-state index contributed by atoms with van der Waals surface area (Å²) in [7, 11) is 0.